The first-order valence-corrected chi connectivity index (χ1v) is 11.6. The van der Waals surface area contributed by atoms with Gasteiger partial charge in [-0.1, -0.05) is 29.8 Å². The second-order valence-electron chi connectivity index (χ2n) is 6.75. The smallest absolute Gasteiger partial charge is 0.230 e. The molecule has 0 aliphatic carbocycles. The van der Waals surface area contributed by atoms with E-state index < -0.39 is 8.15 Å². The molecule has 0 aromatic rings. The van der Waals surface area contributed by atoms with E-state index >= 15 is 0 Å². The lowest BCUT2D eigenvalue weighted by Crippen LogP contribution is -2.34. The third-order valence-electron chi connectivity index (χ3n) is 3.63. The maximum atomic E-state index is 11.9. The summed E-state index contributed by atoms with van der Waals surface area (Å²) in [5.74, 6) is 5.07. The maximum Gasteiger partial charge on any atom is 0.230 e. The zero-order chi connectivity index (χ0) is 20.0. The first-order chi connectivity index (χ1) is 12.2. The molecule has 152 valence electrons. The third-order valence-corrected chi connectivity index (χ3v) is 5.62. The van der Waals surface area contributed by atoms with Crippen molar-refractivity contribution in [2.75, 3.05) is 37.9 Å². The number of nitrogens with two attached hydrogens (primary N) is 2. The second kappa shape index (κ2) is 14.2. The van der Waals surface area contributed by atoms with E-state index in [1.54, 1.807) is 0 Å². The molecular formula is C16H33BrN5O3P. The lowest BCUT2D eigenvalue weighted by molar-refractivity contribution is -0.121. The SMILES string of the molecule is CP(CCC(C)(C)CNC(=O)CC/C(N)=C/NN)OCCNC(=O)CBr. The number of hydrazine groups is 1. The number of carbonyl (C=O) groups is 2. The Balaban J connectivity index is 3.93. The zero-order valence-electron chi connectivity index (χ0n) is 15.9. The summed E-state index contributed by atoms with van der Waals surface area (Å²) >= 11 is 3.10. The van der Waals surface area contributed by atoms with Crippen molar-refractivity contribution < 1.29 is 14.1 Å². The molecule has 0 bridgehead atoms. The number of hydrogen-bond donors (Lipinski definition) is 5. The Morgan fingerprint density at radius 2 is 1.92 bits per heavy atom. The molecule has 1 unspecified atom stereocenters. The molecular weight excluding hydrogens is 421 g/mol. The highest BCUT2D eigenvalue weighted by atomic mass is 79.9. The lowest BCUT2D eigenvalue weighted by Gasteiger charge is -2.26. The molecule has 0 saturated heterocycles. The van der Waals surface area contributed by atoms with Gasteiger partial charge in [0, 0.05) is 39.6 Å². The van der Waals surface area contributed by atoms with Gasteiger partial charge >= 0.3 is 0 Å². The van der Waals surface area contributed by atoms with Gasteiger partial charge in [-0.15, -0.1) is 0 Å². The molecule has 0 saturated carbocycles. The predicted octanol–water partition coefficient (Wildman–Crippen LogP) is 1.12. The van der Waals surface area contributed by atoms with Gasteiger partial charge in [-0.3, -0.25) is 15.4 Å². The zero-order valence-corrected chi connectivity index (χ0v) is 18.4. The number of rotatable bonds is 14. The summed E-state index contributed by atoms with van der Waals surface area (Å²) in [6, 6.07) is 0. The van der Waals surface area contributed by atoms with Gasteiger partial charge < -0.3 is 26.3 Å². The minimum Gasteiger partial charge on any atom is -0.401 e. The second-order valence-corrected chi connectivity index (χ2v) is 9.27. The van der Waals surface area contributed by atoms with E-state index in [1.165, 1.54) is 6.20 Å². The summed E-state index contributed by atoms with van der Waals surface area (Å²) in [4.78, 5) is 23.0. The van der Waals surface area contributed by atoms with E-state index in [2.05, 4.69) is 52.5 Å². The Morgan fingerprint density at radius 3 is 2.54 bits per heavy atom. The van der Waals surface area contributed by atoms with E-state index in [9.17, 15) is 9.59 Å². The van der Waals surface area contributed by atoms with E-state index in [0.29, 0.717) is 43.6 Å². The van der Waals surface area contributed by atoms with Crippen LogP contribution in [-0.4, -0.2) is 49.7 Å². The minimum absolute atomic E-state index is 0.0139. The standard InChI is InChI=1S/C16H33BrN5O3P/c1-16(2,12-21-14(23)5-4-13(18)11-22-19)6-9-26(3)25-8-7-20-15(24)10-17/h11,22H,4-10,12,18-19H2,1-3H3,(H,20,24)(H,21,23)/b13-11-. The van der Waals surface area contributed by atoms with E-state index in [4.69, 9.17) is 16.1 Å². The number of hydrogen-bond acceptors (Lipinski definition) is 6. The van der Waals surface area contributed by atoms with E-state index in [0.717, 1.165) is 12.6 Å². The fourth-order valence-electron chi connectivity index (χ4n) is 1.92. The molecule has 7 N–H and O–H groups in total. The predicted molar refractivity (Wildman–Crippen MR) is 111 cm³/mol. The maximum absolute atomic E-state index is 11.9. The number of alkyl halides is 1. The van der Waals surface area contributed by atoms with Crippen molar-refractivity contribution in [3.63, 3.8) is 0 Å². The normalized spacial score (nSPS) is 13.2. The van der Waals surface area contributed by atoms with Crippen LogP contribution < -0.4 is 27.6 Å². The Hall–Kier alpha value is -0.890. The molecule has 0 aromatic heterocycles. The summed E-state index contributed by atoms with van der Waals surface area (Å²) < 4.78 is 5.76. The summed E-state index contributed by atoms with van der Waals surface area (Å²) in [6.07, 6.45) is 4.18. The van der Waals surface area contributed by atoms with Crippen LogP contribution in [0.1, 0.15) is 33.1 Å². The number of allylic oxidation sites excluding steroid dienone is 1. The van der Waals surface area contributed by atoms with Crippen molar-refractivity contribution in [3.8, 4) is 0 Å². The largest absolute Gasteiger partial charge is 0.401 e. The molecule has 0 aliphatic heterocycles. The van der Waals surface area contributed by atoms with Crippen molar-refractivity contribution in [2.45, 2.75) is 33.1 Å². The number of amides is 2. The van der Waals surface area contributed by atoms with Crippen molar-refractivity contribution in [1.29, 1.82) is 0 Å². The van der Waals surface area contributed by atoms with Crippen LogP contribution in [-0.2, 0) is 14.1 Å². The lowest BCUT2D eigenvalue weighted by atomic mass is 9.90. The van der Waals surface area contributed by atoms with E-state index in [-0.39, 0.29) is 17.2 Å². The molecule has 0 aliphatic rings. The monoisotopic (exact) mass is 453 g/mol. The van der Waals surface area contributed by atoms with Gasteiger partial charge in [-0.05, 0) is 31.1 Å². The first-order valence-electron chi connectivity index (χ1n) is 8.54. The molecule has 10 heteroatoms. The Morgan fingerprint density at radius 1 is 1.23 bits per heavy atom. The summed E-state index contributed by atoms with van der Waals surface area (Å²) in [5, 5.41) is 6.01. The molecule has 0 aromatic carbocycles. The van der Waals surface area contributed by atoms with Crippen molar-refractivity contribution >= 4 is 35.9 Å². The Labute approximate surface area is 166 Å². The van der Waals surface area contributed by atoms with Crippen molar-refractivity contribution in [1.82, 2.24) is 16.1 Å². The average molecular weight is 454 g/mol. The van der Waals surface area contributed by atoms with Gasteiger partial charge in [0.15, 0.2) is 0 Å². The van der Waals surface area contributed by atoms with Crippen LogP contribution in [0.3, 0.4) is 0 Å². The Bertz CT molecular complexity index is 463. The fraction of sp³-hybridized carbons (Fsp3) is 0.750. The molecule has 2 amide bonds. The fourth-order valence-corrected chi connectivity index (χ4v) is 3.57. The number of carbonyl (C=O) groups excluding carboxylic acids is 2. The summed E-state index contributed by atoms with van der Waals surface area (Å²) in [5.41, 5.74) is 8.55. The molecule has 1 atom stereocenters. The van der Waals surface area contributed by atoms with Crippen LogP contribution in [0.25, 0.3) is 0 Å². The average Bonchev–Trinajstić information content (AvgIpc) is 2.60. The summed E-state index contributed by atoms with van der Waals surface area (Å²) in [7, 11) is -0.544. The van der Waals surface area contributed by atoms with Crippen molar-refractivity contribution in [3.05, 3.63) is 11.9 Å². The van der Waals surface area contributed by atoms with Crippen molar-refractivity contribution in [2.24, 2.45) is 17.0 Å². The van der Waals surface area contributed by atoms with Gasteiger partial charge in [0.05, 0.1) is 11.9 Å². The van der Waals surface area contributed by atoms with Crippen LogP contribution in [0, 0.1) is 5.41 Å². The van der Waals surface area contributed by atoms with Gasteiger partial charge in [0.1, 0.15) is 0 Å². The quantitative estimate of drug-likeness (QED) is 0.0879. The van der Waals surface area contributed by atoms with E-state index in [1.807, 2.05) is 0 Å². The Kier molecular flexibility index (Phi) is 13.7. The van der Waals surface area contributed by atoms with Gasteiger partial charge in [-0.25, -0.2) is 0 Å². The topological polar surface area (TPSA) is 132 Å². The number of nitrogens with one attached hydrogen (secondary N) is 3. The number of halogens is 1. The van der Waals surface area contributed by atoms with Crippen LogP contribution >= 0.6 is 24.1 Å². The molecule has 0 fully saturated rings. The van der Waals surface area contributed by atoms with Crippen LogP contribution in [0.5, 0.6) is 0 Å². The molecule has 26 heavy (non-hydrogen) atoms. The molecule has 0 spiro atoms. The van der Waals surface area contributed by atoms with Gasteiger partial charge in [0.25, 0.3) is 0 Å². The third kappa shape index (κ3) is 14.3. The highest BCUT2D eigenvalue weighted by Crippen LogP contribution is 2.36. The highest BCUT2D eigenvalue weighted by molar-refractivity contribution is 9.09. The highest BCUT2D eigenvalue weighted by Gasteiger charge is 2.20. The summed E-state index contributed by atoms with van der Waals surface area (Å²) in [6.45, 7) is 7.98. The molecule has 0 radical (unpaired) electrons. The van der Waals surface area contributed by atoms with Gasteiger partial charge in [-0.2, -0.15) is 0 Å². The van der Waals surface area contributed by atoms with Gasteiger partial charge in [0.2, 0.25) is 11.8 Å². The van der Waals surface area contributed by atoms with Crippen LogP contribution in [0.15, 0.2) is 11.9 Å². The molecule has 0 rings (SSSR count). The van der Waals surface area contributed by atoms with Crippen LogP contribution in [0.2, 0.25) is 0 Å². The first kappa shape index (κ1) is 25.1. The minimum atomic E-state index is -0.544. The van der Waals surface area contributed by atoms with Crippen LogP contribution in [0.4, 0.5) is 0 Å². The molecule has 0 heterocycles. The molecule has 8 nitrogen and oxygen atoms in total.